The Morgan fingerprint density at radius 3 is 2.30 bits per heavy atom. The molecule has 1 aliphatic rings. The number of carbonyl (C=O) groups excluding carboxylic acids is 1. The Kier molecular flexibility index (Phi) is 5.94. The van der Waals surface area contributed by atoms with Crippen molar-refractivity contribution in [3.05, 3.63) is 65.7 Å². The van der Waals surface area contributed by atoms with Gasteiger partial charge in [0, 0.05) is 0 Å². The molecule has 0 heterocycles. The molecule has 0 radical (unpaired) electrons. The number of hydrogen-bond acceptors (Lipinski definition) is 6. The average molecular weight is 389 g/mol. The van der Waals surface area contributed by atoms with Gasteiger partial charge >= 0.3 is 16.1 Å². The summed E-state index contributed by atoms with van der Waals surface area (Å²) in [4.78, 5) is 12.7. The Hall–Kier alpha value is -2.22. The predicted octanol–water partition coefficient (Wildman–Crippen LogP) is 3.26. The topological polar surface area (TPSA) is 81.7 Å². The molecular weight excluding hydrogens is 366 g/mol. The summed E-state index contributed by atoms with van der Waals surface area (Å²) in [6.07, 6.45) is 2.51. The highest BCUT2D eigenvalue weighted by Gasteiger charge is 2.44. The standard InChI is InChI=1S/C20H23NO5S/c1-16-9-11-18(12-10-16)27(23,24)26-21-20(13-5-6-14-20)19(22)25-15-17-7-3-2-4-8-17/h2-4,7-12,21H,5-6,13-15H2,1H3. The number of rotatable bonds is 7. The maximum Gasteiger partial charge on any atom is 0.329 e. The van der Waals surface area contributed by atoms with E-state index in [-0.39, 0.29) is 11.5 Å². The van der Waals surface area contributed by atoms with Crippen molar-refractivity contribution < 1.29 is 22.2 Å². The first kappa shape index (κ1) is 19.5. The van der Waals surface area contributed by atoms with E-state index >= 15 is 0 Å². The molecule has 27 heavy (non-hydrogen) atoms. The van der Waals surface area contributed by atoms with Crippen molar-refractivity contribution in [1.29, 1.82) is 0 Å². The molecule has 2 aromatic rings. The lowest BCUT2D eigenvalue weighted by molar-refractivity contribution is -0.156. The fourth-order valence-corrected chi connectivity index (χ4v) is 3.91. The average Bonchev–Trinajstić information content (AvgIpc) is 3.16. The smallest absolute Gasteiger partial charge is 0.329 e. The van der Waals surface area contributed by atoms with Crippen molar-refractivity contribution in [1.82, 2.24) is 5.48 Å². The van der Waals surface area contributed by atoms with Gasteiger partial charge in [0.05, 0.1) is 4.90 Å². The Morgan fingerprint density at radius 1 is 1.04 bits per heavy atom. The Morgan fingerprint density at radius 2 is 1.67 bits per heavy atom. The third-order valence-electron chi connectivity index (χ3n) is 4.72. The number of benzene rings is 2. The zero-order chi connectivity index (χ0) is 19.3. The van der Waals surface area contributed by atoms with Crippen LogP contribution in [-0.2, 0) is 30.5 Å². The van der Waals surface area contributed by atoms with Crippen LogP contribution in [0.3, 0.4) is 0 Å². The van der Waals surface area contributed by atoms with Gasteiger partial charge in [0.2, 0.25) is 0 Å². The normalized spacial score (nSPS) is 16.2. The first-order valence-corrected chi connectivity index (χ1v) is 10.3. The highest BCUT2D eigenvalue weighted by atomic mass is 32.2. The van der Waals surface area contributed by atoms with Crippen LogP contribution in [0.4, 0.5) is 0 Å². The molecule has 0 aromatic heterocycles. The quantitative estimate of drug-likeness (QED) is 0.578. The van der Waals surface area contributed by atoms with E-state index in [4.69, 9.17) is 9.02 Å². The van der Waals surface area contributed by atoms with Gasteiger partial charge in [-0.3, -0.25) is 0 Å². The summed E-state index contributed by atoms with van der Waals surface area (Å²) in [6, 6.07) is 15.7. The zero-order valence-corrected chi connectivity index (χ0v) is 16.0. The molecule has 3 rings (SSSR count). The molecule has 0 unspecified atom stereocenters. The van der Waals surface area contributed by atoms with E-state index in [0.29, 0.717) is 12.8 Å². The molecule has 1 N–H and O–H groups in total. The van der Waals surface area contributed by atoms with E-state index in [9.17, 15) is 13.2 Å². The maximum absolute atomic E-state index is 12.7. The molecule has 1 aliphatic carbocycles. The number of esters is 1. The Balaban J connectivity index is 1.67. The van der Waals surface area contributed by atoms with E-state index in [2.05, 4.69) is 5.48 Å². The summed E-state index contributed by atoms with van der Waals surface area (Å²) in [6.45, 7) is 2.00. The SMILES string of the molecule is Cc1ccc(S(=O)(=O)ONC2(C(=O)OCc3ccccc3)CCCC2)cc1. The van der Waals surface area contributed by atoms with Crippen LogP contribution >= 0.6 is 0 Å². The highest BCUT2D eigenvalue weighted by Crippen LogP contribution is 2.32. The summed E-state index contributed by atoms with van der Waals surface area (Å²) in [7, 11) is -4.02. The number of nitrogens with one attached hydrogen (secondary N) is 1. The third-order valence-corrected chi connectivity index (χ3v) is 5.87. The zero-order valence-electron chi connectivity index (χ0n) is 15.2. The predicted molar refractivity (Wildman–Crippen MR) is 100 cm³/mol. The van der Waals surface area contributed by atoms with E-state index in [1.54, 1.807) is 12.1 Å². The minimum atomic E-state index is -4.02. The fraction of sp³-hybridized carbons (Fsp3) is 0.350. The number of ether oxygens (including phenoxy) is 1. The van der Waals surface area contributed by atoms with Crippen LogP contribution < -0.4 is 5.48 Å². The second-order valence-corrected chi connectivity index (χ2v) is 8.35. The summed E-state index contributed by atoms with van der Waals surface area (Å²) in [5.41, 5.74) is 3.19. The van der Waals surface area contributed by atoms with Gasteiger partial charge in [-0.05, 0) is 37.5 Å². The summed E-state index contributed by atoms with van der Waals surface area (Å²) >= 11 is 0. The van der Waals surface area contributed by atoms with Gasteiger partial charge in [-0.15, -0.1) is 0 Å². The van der Waals surface area contributed by atoms with Crippen LogP contribution in [0, 0.1) is 6.92 Å². The lowest BCUT2D eigenvalue weighted by atomic mass is 9.99. The van der Waals surface area contributed by atoms with E-state index in [1.807, 2.05) is 37.3 Å². The van der Waals surface area contributed by atoms with E-state index in [1.165, 1.54) is 12.1 Å². The fourth-order valence-electron chi connectivity index (χ4n) is 3.08. The van der Waals surface area contributed by atoms with Crippen molar-refractivity contribution in [3.8, 4) is 0 Å². The van der Waals surface area contributed by atoms with Crippen LogP contribution in [0.5, 0.6) is 0 Å². The summed E-state index contributed by atoms with van der Waals surface area (Å²) < 4.78 is 35.3. The van der Waals surface area contributed by atoms with Gasteiger partial charge in [-0.25, -0.2) is 4.79 Å². The van der Waals surface area contributed by atoms with Gasteiger partial charge < -0.3 is 4.74 Å². The lowest BCUT2D eigenvalue weighted by Crippen LogP contribution is -2.51. The van der Waals surface area contributed by atoms with Crippen molar-refractivity contribution in [2.45, 2.75) is 49.6 Å². The van der Waals surface area contributed by atoms with Crippen molar-refractivity contribution in [2.24, 2.45) is 0 Å². The van der Waals surface area contributed by atoms with Gasteiger partial charge in [0.1, 0.15) is 12.1 Å². The largest absolute Gasteiger partial charge is 0.459 e. The molecule has 2 aromatic carbocycles. The van der Waals surface area contributed by atoms with Crippen molar-refractivity contribution >= 4 is 16.1 Å². The molecule has 0 atom stereocenters. The molecule has 0 bridgehead atoms. The Labute approximate surface area is 159 Å². The second kappa shape index (κ2) is 8.21. The molecular formula is C20H23NO5S. The van der Waals surface area contributed by atoms with Crippen molar-refractivity contribution in [3.63, 3.8) is 0 Å². The van der Waals surface area contributed by atoms with Gasteiger partial charge in [-0.2, -0.15) is 18.2 Å². The first-order chi connectivity index (χ1) is 12.9. The third kappa shape index (κ3) is 4.74. The summed E-state index contributed by atoms with van der Waals surface area (Å²) in [5.74, 6) is -0.497. The second-order valence-electron chi connectivity index (χ2n) is 6.80. The molecule has 144 valence electrons. The number of carbonyl (C=O) groups is 1. The van der Waals surface area contributed by atoms with E-state index in [0.717, 1.165) is 24.0 Å². The molecule has 1 fully saturated rings. The highest BCUT2D eigenvalue weighted by molar-refractivity contribution is 7.86. The van der Waals surface area contributed by atoms with Gasteiger partial charge in [0.25, 0.3) is 0 Å². The maximum atomic E-state index is 12.7. The monoisotopic (exact) mass is 389 g/mol. The number of hydroxylamine groups is 1. The van der Waals surface area contributed by atoms with Crippen LogP contribution in [-0.4, -0.2) is 19.9 Å². The van der Waals surface area contributed by atoms with Gasteiger partial charge in [0.15, 0.2) is 0 Å². The van der Waals surface area contributed by atoms with Crippen LogP contribution in [0.25, 0.3) is 0 Å². The first-order valence-electron chi connectivity index (χ1n) is 8.90. The molecule has 0 spiro atoms. The van der Waals surface area contributed by atoms with E-state index < -0.39 is 21.6 Å². The molecule has 1 saturated carbocycles. The van der Waals surface area contributed by atoms with Crippen molar-refractivity contribution in [2.75, 3.05) is 0 Å². The lowest BCUT2D eigenvalue weighted by Gasteiger charge is -2.26. The minimum absolute atomic E-state index is 0.0337. The molecule has 0 saturated heterocycles. The number of hydrogen-bond donors (Lipinski definition) is 1. The summed E-state index contributed by atoms with van der Waals surface area (Å²) in [5, 5.41) is 0. The molecule has 0 amide bonds. The molecule has 7 heteroatoms. The van der Waals surface area contributed by atoms with Crippen LogP contribution in [0.15, 0.2) is 59.5 Å². The molecule has 6 nitrogen and oxygen atoms in total. The Bertz CT molecular complexity index is 872. The van der Waals surface area contributed by atoms with Crippen LogP contribution in [0.2, 0.25) is 0 Å². The minimum Gasteiger partial charge on any atom is -0.459 e. The molecule has 0 aliphatic heterocycles. The van der Waals surface area contributed by atoms with Crippen LogP contribution in [0.1, 0.15) is 36.8 Å². The number of aryl methyl sites for hydroxylation is 1. The van der Waals surface area contributed by atoms with Gasteiger partial charge in [-0.1, -0.05) is 60.9 Å².